The van der Waals surface area contributed by atoms with Crippen molar-refractivity contribution < 1.29 is 4.79 Å². The third-order valence-corrected chi connectivity index (χ3v) is 3.18. The Morgan fingerprint density at radius 2 is 1.92 bits per heavy atom. The van der Waals surface area contributed by atoms with Gasteiger partial charge in [-0.1, -0.05) is 6.92 Å². The molecule has 68 valence electrons. The van der Waals surface area contributed by atoms with Gasteiger partial charge < -0.3 is 0 Å². The van der Waals surface area contributed by atoms with Crippen LogP contribution in [0.25, 0.3) is 0 Å². The summed E-state index contributed by atoms with van der Waals surface area (Å²) >= 11 is 0. The van der Waals surface area contributed by atoms with E-state index in [0.29, 0.717) is 17.9 Å². The fourth-order valence-electron chi connectivity index (χ4n) is 2.69. The van der Waals surface area contributed by atoms with Gasteiger partial charge >= 0.3 is 0 Å². The van der Waals surface area contributed by atoms with Gasteiger partial charge in [0.15, 0.2) is 0 Å². The largest absolute Gasteiger partial charge is 0.300 e. The second kappa shape index (κ2) is 3.17. The highest BCUT2D eigenvalue weighted by Gasteiger charge is 2.39. The first-order chi connectivity index (χ1) is 5.81. The van der Waals surface area contributed by atoms with E-state index in [2.05, 4.69) is 11.8 Å². The molecule has 0 saturated carbocycles. The highest BCUT2D eigenvalue weighted by molar-refractivity contribution is 5.80. The molecule has 2 heteroatoms. The fourth-order valence-corrected chi connectivity index (χ4v) is 2.69. The van der Waals surface area contributed by atoms with Gasteiger partial charge in [-0.15, -0.1) is 0 Å². The van der Waals surface area contributed by atoms with E-state index in [0.717, 1.165) is 12.8 Å². The number of hydrogen-bond donors (Lipinski definition) is 0. The standard InChI is InChI=1S/C10H17NO/c1-2-5-11-8-3-4-9(11)7-10(12)6-8/h8-9H,2-7H2,1H3/t8-,9-/m1/s1. The lowest BCUT2D eigenvalue weighted by atomic mass is 10.0. The Kier molecular flexibility index (Phi) is 2.18. The summed E-state index contributed by atoms with van der Waals surface area (Å²) < 4.78 is 0. The highest BCUT2D eigenvalue weighted by atomic mass is 16.1. The summed E-state index contributed by atoms with van der Waals surface area (Å²) in [5, 5.41) is 0. The molecule has 12 heavy (non-hydrogen) atoms. The van der Waals surface area contributed by atoms with E-state index >= 15 is 0 Å². The van der Waals surface area contributed by atoms with Crippen LogP contribution in [0, 0.1) is 0 Å². The van der Waals surface area contributed by atoms with Gasteiger partial charge in [0.1, 0.15) is 5.78 Å². The minimum Gasteiger partial charge on any atom is -0.300 e. The summed E-state index contributed by atoms with van der Waals surface area (Å²) in [6, 6.07) is 1.22. The molecular formula is C10H17NO. The summed E-state index contributed by atoms with van der Waals surface area (Å²) in [6.45, 7) is 3.42. The molecule has 2 saturated heterocycles. The Hall–Kier alpha value is -0.370. The molecular weight excluding hydrogens is 150 g/mol. The van der Waals surface area contributed by atoms with Gasteiger partial charge in [0.25, 0.3) is 0 Å². The van der Waals surface area contributed by atoms with Crippen LogP contribution in [0.2, 0.25) is 0 Å². The monoisotopic (exact) mass is 167 g/mol. The minimum atomic E-state index is 0.495. The van der Waals surface area contributed by atoms with Gasteiger partial charge in [-0.05, 0) is 25.8 Å². The lowest BCUT2D eigenvalue weighted by Crippen LogP contribution is -2.43. The number of ketones is 1. The molecule has 0 amide bonds. The molecule has 2 fully saturated rings. The van der Waals surface area contributed by atoms with Gasteiger partial charge in [0.05, 0.1) is 0 Å². The quantitative estimate of drug-likeness (QED) is 0.622. The first kappa shape index (κ1) is 8.24. The molecule has 2 heterocycles. The van der Waals surface area contributed by atoms with Crippen LogP contribution < -0.4 is 0 Å². The van der Waals surface area contributed by atoms with Gasteiger partial charge in [0, 0.05) is 24.9 Å². The zero-order valence-corrected chi connectivity index (χ0v) is 7.75. The van der Waals surface area contributed by atoms with E-state index in [4.69, 9.17) is 0 Å². The van der Waals surface area contributed by atoms with Crippen molar-refractivity contribution in [3.8, 4) is 0 Å². The number of hydrogen-bond acceptors (Lipinski definition) is 2. The van der Waals surface area contributed by atoms with Crippen molar-refractivity contribution in [3.63, 3.8) is 0 Å². The van der Waals surface area contributed by atoms with Crippen molar-refractivity contribution in [1.82, 2.24) is 4.90 Å². The molecule has 0 spiro atoms. The van der Waals surface area contributed by atoms with Gasteiger partial charge in [-0.2, -0.15) is 0 Å². The van der Waals surface area contributed by atoms with E-state index in [9.17, 15) is 4.79 Å². The molecule has 0 aliphatic carbocycles. The Morgan fingerprint density at radius 3 is 2.42 bits per heavy atom. The summed E-state index contributed by atoms with van der Waals surface area (Å²) in [4.78, 5) is 13.8. The van der Waals surface area contributed by atoms with Crippen LogP contribution in [0.15, 0.2) is 0 Å². The number of fused-ring (bicyclic) bond motifs is 2. The van der Waals surface area contributed by atoms with E-state index in [1.807, 2.05) is 0 Å². The summed E-state index contributed by atoms with van der Waals surface area (Å²) in [5.74, 6) is 0.495. The molecule has 0 unspecified atom stereocenters. The van der Waals surface area contributed by atoms with Crippen LogP contribution in [0.4, 0.5) is 0 Å². The molecule has 2 atom stereocenters. The van der Waals surface area contributed by atoms with E-state index in [-0.39, 0.29) is 0 Å². The lowest BCUT2D eigenvalue weighted by molar-refractivity contribution is -0.123. The average molecular weight is 167 g/mol. The van der Waals surface area contributed by atoms with Gasteiger partial charge in [-0.25, -0.2) is 0 Å². The third kappa shape index (κ3) is 1.28. The number of carbonyl (C=O) groups excluding carboxylic acids is 1. The van der Waals surface area contributed by atoms with Crippen LogP contribution >= 0.6 is 0 Å². The predicted octanol–water partition coefficient (Wildman–Crippen LogP) is 1.59. The number of rotatable bonds is 2. The van der Waals surface area contributed by atoms with Crippen molar-refractivity contribution in [1.29, 1.82) is 0 Å². The van der Waals surface area contributed by atoms with Gasteiger partial charge in [0.2, 0.25) is 0 Å². The van der Waals surface area contributed by atoms with Crippen molar-refractivity contribution in [2.75, 3.05) is 6.54 Å². The second-order valence-electron chi connectivity index (χ2n) is 4.07. The van der Waals surface area contributed by atoms with Crippen LogP contribution in [0.1, 0.15) is 39.0 Å². The maximum atomic E-state index is 11.2. The topological polar surface area (TPSA) is 20.3 Å². The molecule has 2 rings (SSSR count). The molecule has 2 bridgehead atoms. The van der Waals surface area contributed by atoms with E-state index < -0.39 is 0 Å². The zero-order chi connectivity index (χ0) is 8.55. The number of Topliss-reactive ketones (excluding diaryl/α,β-unsaturated/α-hetero) is 1. The first-order valence-electron chi connectivity index (χ1n) is 5.08. The van der Waals surface area contributed by atoms with Crippen LogP contribution in [0.5, 0.6) is 0 Å². The fraction of sp³-hybridized carbons (Fsp3) is 0.900. The zero-order valence-electron chi connectivity index (χ0n) is 7.75. The molecule has 2 aliphatic rings. The maximum absolute atomic E-state index is 11.2. The maximum Gasteiger partial charge on any atom is 0.136 e. The summed E-state index contributed by atoms with van der Waals surface area (Å²) in [6.07, 6.45) is 5.40. The third-order valence-electron chi connectivity index (χ3n) is 3.18. The Bertz CT molecular complexity index is 174. The summed E-state index contributed by atoms with van der Waals surface area (Å²) in [7, 11) is 0. The second-order valence-corrected chi connectivity index (χ2v) is 4.07. The van der Waals surface area contributed by atoms with Crippen molar-refractivity contribution in [3.05, 3.63) is 0 Å². The van der Waals surface area contributed by atoms with E-state index in [1.165, 1.54) is 25.8 Å². The van der Waals surface area contributed by atoms with E-state index in [1.54, 1.807) is 0 Å². The number of piperidine rings is 1. The predicted molar refractivity (Wildman–Crippen MR) is 48.0 cm³/mol. The van der Waals surface area contributed by atoms with Crippen molar-refractivity contribution >= 4 is 5.78 Å². The molecule has 2 aliphatic heterocycles. The Labute approximate surface area is 73.9 Å². The van der Waals surface area contributed by atoms with Crippen molar-refractivity contribution in [2.45, 2.75) is 51.1 Å². The van der Waals surface area contributed by atoms with Crippen LogP contribution in [-0.2, 0) is 4.79 Å². The molecule has 0 radical (unpaired) electrons. The molecule has 0 aromatic rings. The lowest BCUT2D eigenvalue weighted by Gasteiger charge is -2.33. The summed E-state index contributed by atoms with van der Waals surface area (Å²) in [5.41, 5.74) is 0. The molecule has 0 aromatic carbocycles. The minimum absolute atomic E-state index is 0.495. The molecule has 0 N–H and O–H groups in total. The van der Waals surface area contributed by atoms with Crippen molar-refractivity contribution in [2.24, 2.45) is 0 Å². The molecule has 0 aromatic heterocycles. The van der Waals surface area contributed by atoms with Crippen LogP contribution in [-0.4, -0.2) is 29.3 Å². The van der Waals surface area contributed by atoms with Gasteiger partial charge in [-0.3, -0.25) is 9.69 Å². The number of carbonyl (C=O) groups is 1. The molecule has 2 nitrogen and oxygen atoms in total. The normalized spacial score (nSPS) is 35.9. The van der Waals surface area contributed by atoms with Crippen LogP contribution in [0.3, 0.4) is 0 Å². The first-order valence-corrected chi connectivity index (χ1v) is 5.08. The smallest absolute Gasteiger partial charge is 0.136 e. The highest BCUT2D eigenvalue weighted by Crippen LogP contribution is 2.33. The average Bonchev–Trinajstić information content (AvgIpc) is 2.32. The number of nitrogens with zero attached hydrogens (tertiary/aromatic N) is 1. The Morgan fingerprint density at radius 1 is 1.33 bits per heavy atom. The SMILES string of the molecule is CCCN1[C@@H]2CC[C@@H]1CC(=O)C2. The Balaban J connectivity index is 2.04.